The largest absolute Gasteiger partial charge is 0.494 e. The Bertz CT molecular complexity index is 1040. The maximum Gasteiger partial charge on any atom is 0.268 e. The summed E-state index contributed by atoms with van der Waals surface area (Å²) in [4.78, 5) is 26.6. The van der Waals surface area contributed by atoms with Crippen LogP contribution in [0.1, 0.15) is 33.3 Å². The quantitative estimate of drug-likeness (QED) is 0.526. The van der Waals surface area contributed by atoms with Gasteiger partial charge in [-0.05, 0) is 49.1 Å². The summed E-state index contributed by atoms with van der Waals surface area (Å²) in [5, 5.41) is 7.58. The molecule has 2 N–H and O–H groups in total. The summed E-state index contributed by atoms with van der Waals surface area (Å²) in [6, 6.07) is 18.6. The number of amides is 2. The van der Waals surface area contributed by atoms with Gasteiger partial charge in [0.05, 0.1) is 6.61 Å². The minimum absolute atomic E-state index is 0.194. The molecule has 0 atom stereocenters. The van der Waals surface area contributed by atoms with Crippen LogP contribution in [0.2, 0.25) is 0 Å². The summed E-state index contributed by atoms with van der Waals surface area (Å²) in [6.45, 7) is 4.61. The van der Waals surface area contributed by atoms with Crippen molar-refractivity contribution in [3.05, 3.63) is 93.3 Å². The first-order valence-corrected chi connectivity index (χ1v) is 10.6. The van der Waals surface area contributed by atoms with Crippen molar-refractivity contribution in [2.24, 2.45) is 0 Å². The van der Waals surface area contributed by atoms with Crippen molar-refractivity contribution < 1.29 is 14.3 Å². The lowest BCUT2D eigenvalue weighted by Crippen LogP contribution is -2.34. The normalized spacial score (nSPS) is 11.1. The molecule has 3 aromatic rings. The van der Waals surface area contributed by atoms with Crippen LogP contribution in [0.3, 0.4) is 0 Å². The van der Waals surface area contributed by atoms with Crippen LogP contribution in [0.25, 0.3) is 6.08 Å². The predicted octanol–water partition coefficient (Wildman–Crippen LogP) is 4.54. The van der Waals surface area contributed by atoms with Crippen LogP contribution < -0.4 is 15.4 Å². The highest BCUT2D eigenvalue weighted by Gasteiger charge is 2.16. The number of thiophene rings is 1. The van der Waals surface area contributed by atoms with Crippen LogP contribution in [-0.4, -0.2) is 18.4 Å². The van der Waals surface area contributed by atoms with E-state index in [1.165, 1.54) is 11.3 Å². The molecule has 1 aromatic heterocycles. The molecule has 0 unspecified atom stereocenters. The second-order valence-electron chi connectivity index (χ2n) is 6.57. The van der Waals surface area contributed by atoms with E-state index in [-0.39, 0.29) is 24.1 Å². The van der Waals surface area contributed by atoms with Crippen LogP contribution in [0.15, 0.2) is 71.7 Å². The zero-order valence-electron chi connectivity index (χ0n) is 17.0. The number of hydrogen-bond donors (Lipinski definition) is 2. The van der Waals surface area contributed by atoms with E-state index in [0.29, 0.717) is 12.2 Å². The van der Waals surface area contributed by atoms with E-state index < -0.39 is 0 Å². The first-order chi connectivity index (χ1) is 14.6. The Kier molecular flexibility index (Phi) is 7.40. The molecule has 0 saturated heterocycles. The molecule has 0 aliphatic heterocycles. The van der Waals surface area contributed by atoms with Crippen molar-refractivity contribution >= 4 is 29.2 Å². The van der Waals surface area contributed by atoms with Gasteiger partial charge in [0.15, 0.2) is 0 Å². The molecule has 0 spiro atoms. The first-order valence-electron chi connectivity index (χ1n) is 9.69. The van der Waals surface area contributed by atoms with E-state index in [2.05, 4.69) is 10.6 Å². The number of nitrogens with one attached hydrogen (secondary N) is 2. The number of ether oxygens (including phenoxy) is 1. The van der Waals surface area contributed by atoms with E-state index >= 15 is 0 Å². The Balaban J connectivity index is 1.78. The summed E-state index contributed by atoms with van der Waals surface area (Å²) < 4.78 is 5.62. The maximum absolute atomic E-state index is 12.9. The van der Waals surface area contributed by atoms with Gasteiger partial charge in [-0.2, -0.15) is 0 Å². The number of aryl methyl sites for hydroxylation is 1. The Morgan fingerprint density at radius 2 is 1.80 bits per heavy atom. The van der Waals surface area contributed by atoms with E-state index in [1.807, 2.05) is 67.8 Å². The summed E-state index contributed by atoms with van der Waals surface area (Å²) in [5.41, 5.74) is 2.44. The molecule has 5 nitrogen and oxygen atoms in total. The molecule has 154 valence electrons. The molecule has 0 aliphatic rings. The molecular formula is C24H24N2O3S. The van der Waals surface area contributed by atoms with Crippen molar-refractivity contribution in [1.82, 2.24) is 10.6 Å². The van der Waals surface area contributed by atoms with Gasteiger partial charge in [0.1, 0.15) is 11.4 Å². The first kappa shape index (κ1) is 21.3. The molecule has 0 bridgehead atoms. The number of benzene rings is 2. The standard InChI is InChI=1S/C24H24N2O3S/c1-3-29-22-13-7-5-10-18(22)16-25-24(28)21(15-19-11-8-14-30-19)26-23(27)20-12-6-4-9-17(20)2/h4-15H,3,16H2,1-2H3,(H,25,28)(H,26,27)/b21-15-. The highest BCUT2D eigenvalue weighted by Crippen LogP contribution is 2.18. The highest BCUT2D eigenvalue weighted by molar-refractivity contribution is 7.10. The monoisotopic (exact) mass is 420 g/mol. The highest BCUT2D eigenvalue weighted by atomic mass is 32.1. The number of para-hydroxylation sites is 1. The SMILES string of the molecule is CCOc1ccccc1CNC(=O)/C(=C/c1cccs1)NC(=O)c1ccccc1C. The van der Waals surface area contributed by atoms with Crippen LogP contribution >= 0.6 is 11.3 Å². The zero-order valence-corrected chi connectivity index (χ0v) is 17.8. The van der Waals surface area contributed by atoms with E-state index in [9.17, 15) is 9.59 Å². The molecule has 3 rings (SSSR count). The summed E-state index contributed by atoms with van der Waals surface area (Å²) in [6.07, 6.45) is 1.69. The lowest BCUT2D eigenvalue weighted by molar-refractivity contribution is -0.117. The van der Waals surface area contributed by atoms with E-state index in [1.54, 1.807) is 18.2 Å². The van der Waals surface area contributed by atoms with Crippen LogP contribution in [0.5, 0.6) is 5.75 Å². The van der Waals surface area contributed by atoms with E-state index in [4.69, 9.17) is 4.74 Å². The maximum atomic E-state index is 12.9. The smallest absolute Gasteiger partial charge is 0.268 e. The summed E-state index contributed by atoms with van der Waals surface area (Å²) in [5.74, 6) is 0.0467. The Labute approximate surface area is 180 Å². The van der Waals surface area contributed by atoms with Gasteiger partial charge in [0.25, 0.3) is 11.8 Å². The summed E-state index contributed by atoms with van der Waals surface area (Å²) >= 11 is 1.49. The van der Waals surface area contributed by atoms with Gasteiger partial charge >= 0.3 is 0 Å². The van der Waals surface area contributed by atoms with Gasteiger partial charge in [-0.15, -0.1) is 11.3 Å². The third-order valence-electron chi connectivity index (χ3n) is 4.42. The molecule has 30 heavy (non-hydrogen) atoms. The van der Waals surface area contributed by atoms with Crippen molar-refractivity contribution in [3.8, 4) is 5.75 Å². The fourth-order valence-corrected chi connectivity index (χ4v) is 3.57. The summed E-state index contributed by atoms with van der Waals surface area (Å²) in [7, 11) is 0. The predicted molar refractivity (Wildman–Crippen MR) is 120 cm³/mol. The average Bonchev–Trinajstić information content (AvgIpc) is 3.26. The van der Waals surface area contributed by atoms with Crippen molar-refractivity contribution in [1.29, 1.82) is 0 Å². The van der Waals surface area contributed by atoms with Gasteiger partial charge < -0.3 is 15.4 Å². The Morgan fingerprint density at radius 3 is 2.53 bits per heavy atom. The third kappa shape index (κ3) is 5.58. The van der Waals surface area contributed by atoms with Crippen molar-refractivity contribution in [2.75, 3.05) is 6.61 Å². The number of hydrogen-bond acceptors (Lipinski definition) is 4. The number of rotatable bonds is 8. The minimum Gasteiger partial charge on any atom is -0.494 e. The lowest BCUT2D eigenvalue weighted by Gasteiger charge is -2.14. The molecule has 2 amide bonds. The number of carbonyl (C=O) groups excluding carboxylic acids is 2. The molecule has 2 aromatic carbocycles. The second-order valence-corrected chi connectivity index (χ2v) is 7.55. The zero-order chi connectivity index (χ0) is 21.3. The van der Waals surface area contributed by atoms with Crippen molar-refractivity contribution in [3.63, 3.8) is 0 Å². The molecule has 6 heteroatoms. The van der Waals surface area contributed by atoms with Crippen molar-refractivity contribution in [2.45, 2.75) is 20.4 Å². The van der Waals surface area contributed by atoms with Gasteiger partial charge in [-0.25, -0.2) is 0 Å². The lowest BCUT2D eigenvalue weighted by atomic mass is 10.1. The molecule has 0 saturated carbocycles. The molecule has 0 aliphatic carbocycles. The molecule has 0 fully saturated rings. The van der Waals surface area contributed by atoms with Gasteiger partial charge in [-0.1, -0.05) is 42.5 Å². The van der Waals surface area contributed by atoms with Gasteiger partial charge in [0, 0.05) is 22.5 Å². The topological polar surface area (TPSA) is 67.4 Å². The average molecular weight is 421 g/mol. The molecular weight excluding hydrogens is 396 g/mol. The van der Waals surface area contributed by atoms with E-state index in [0.717, 1.165) is 21.8 Å². The fraction of sp³-hybridized carbons (Fsp3) is 0.167. The third-order valence-corrected chi connectivity index (χ3v) is 5.24. The Morgan fingerprint density at radius 1 is 1.03 bits per heavy atom. The van der Waals surface area contributed by atoms with Gasteiger partial charge in [0.2, 0.25) is 0 Å². The second kappa shape index (κ2) is 10.4. The van der Waals surface area contributed by atoms with Crippen LogP contribution in [-0.2, 0) is 11.3 Å². The fourth-order valence-electron chi connectivity index (χ4n) is 2.91. The van der Waals surface area contributed by atoms with Crippen LogP contribution in [0, 0.1) is 6.92 Å². The number of carbonyl (C=O) groups is 2. The molecule has 0 radical (unpaired) electrons. The minimum atomic E-state index is -0.364. The Hall–Kier alpha value is -3.38. The van der Waals surface area contributed by atoms with Crippen LogP contribution in [0.4, 0.5) is 0 Å². The van der Waals surface area contributed by atoms with Gasteiger partial charge in [-0.3, -0.25) is 9.59 Å². The molecule has 1 heterocycles.